The Morgan fingerprint density at radius 3 is 2.71 bits per heavy atom. The van der Waals surface area contributed by atoms with Gasteiger partial charge < -0.3 is 15.0 Å². The Bertz CT molecular complexity index is 658. The smallest absolute Gasteiger partial charge is 0.234 e. The second-order valence-corrected chi connectivity index (χ2v) is 7.95. The van der Waals surface area contributed by atoms with Gasteiger partial charge in [0.1, 0.15) is 5.75 Å². The highest BCUT2D eigenvalue weighted by atomic mass is 16.5. The van der Waals surface area contributed by atoms with Crippen molar-refractivity contribution in [2.24, 2.45) is 5.92 Å². The molecule has 0 aromatic heterocycles. The molecule has 2 amide bonds. The number of likely N-dealkylation sites (tertiary alicyclic amines) is 2. The lowest BCUT2D eigenvalue weighted by Gasteiger charge is -2.33. The van der Waals surface area contributed by atoms with Crippen LogP contribution in [-0.4, -0.2) is 68.0 Å². The molecular weight excluding hydrogens is 354 g/mol. The second kappa shape index (κ2) is 10.5. The summed E-state index contributed by atoms with van der Waals surface area (Å²) >= 11 is 0. The third kappa shape index (κ3) is 5.96. The van der Waals surface area contributed by atoms with E-state index in [0.29, 0.717) is 31.8 Å². The molecule has 1 N–H and O–H groups in total. The molecule has 6 nitrogen and oxygen atoms in total. The van der Waals surface area contributed by atoms with Crippen molar-refractivity contribution in [3.05, 3.63) is 29.8 Å². The molecule has 0 aliphatic carbocycles. The summed E-state index contributed by atoms with van der Waals surface area (Å²) in [5.74, 6) is 1.50. The molecule has 1 aromatic carbocycles. The minimum Gasteiger partial charge on any atom is -0.496 e. The molecule has 1 atom stereocenters. The predicted octanol–water partition coefficient (Wildman–Crippen LogP) is 2.08. The number of nitrogens with one attached hydrogen (secondary N) is 1. The predicted molar refractivity (Wildman–Crippen MR) is 109 cm³/mol. The number of para-hydroxylation sites is 1. The van der Waals surface area contributed by atoms with E-state index in [4.69, 9.17) is 4.74 Å². The van der Waals surface area contributed by atoms with E-state index in [2.05, 4.69) is 10.2 Å². The van der Waals surface area contributed by atoms with Gasteiger partial charge in [-0.05, 0) is 62.7 Å². The van der Waals surface area contributed by atoms with Gasteiger partial charge in [0, 0.05) is 26.1 Å². The van der Waals surface area contributed by atoms with Crippen LogP contribution in [0.25, 0.3) is 0 Å². The number of amides is 2. The Kier molecular flexibility index (Phi) is 7.71. The van der Waals surface area contributed by atoms with Crippen molar-refractivity contribution in [2.45, 2.75) is 38.5 Å². The molecule has 154 valence electrons. The standard InChI is InChI=1S/C22H33N3O3/c1-28-20-9-3-2-8-19(20)10-11-22(27)25-14-6-7-18(16-25)15-23-21(26)17-24-12-4-5-13-24/h2-3,8-9,18H,4-7,10-17H2,1H3,(H,23,26). The van der Waals surface area contributed by atoms with E-state index >= 15 is 0 Å². The maximum absolute atomic E-state index is 12.7. The number of benzene rings is 1. The third-order valence-corrected chi connectivity index (χ3v) is 5.83. The SMILES string of the molecule is COc1ccccc1CCC(=O)N1CCCC(CNC(=O)CN2CCCC2)C1. The lowest BCUT2D eigenvalue weighted by Crippen LogP contribution is -2.45. The summed E-state index contributed by atoms with van der Waals surface area (Å²) in [4.78, 5) is 29.0. The summed E-state index contributed by atoms with van der Waals surface area (Å²) in [5, 5.41) is 3.08. The van der Waals surface area contributed by atoms with Crippen molar-refractivity contribution in [1.29, 1.82) is 0 Å². The molecule has 0 bridgehead atoms. The van der Waals surface area contributed by atoms with Crippen LogP contribution < -0.4 is 10.1 Å². The maximum atomic E-state index is 12.7. The fourth-order valence-electron chi connectivity index (χ4n) is 4.23. The molecule has 1 unspecified atom stereocenters. The van der Waals surface area contributed by atoms with E-state index in [0.717, 1.165) is 50.3 Å². The lowest BCUT2D eigenvalue weighted by atomic mass is 9.97. The molecule has 2 saturated heterocycles. The molecule has 28 heavy (non-hydrogen) atoms. The van der Waals surface area contributed by atoms with Gasteiger partial charge in [-0.3, -0.25) is 14.5 Å². The quantitative estimate of drug-likeness (QED) is 0.742. The van der Waals surface area contributed by atoms with Crippen molar-refractivity contribution in [2.75, 3.05) is 46.4 Å². The van der Waals surface area contributed by atoms with Gasteiger partial charge in [-0.2, -0.15) is 0 Å². The number of aryl methyl sites for hydroxylation is 1. The van der Waals surface area contributed by atoms with Gasteiger partial charge in [0.15, 0.2) is 0 Å². The van der Waals surface area contributed by atoms with Gasteiger partial charge in [-0.1, -0.05) is 18.2 Å². The summed E-state index contributed by atoms with van der Waals surface area (Å²) in [6.07, 6.45) is 5.65. The zero-order valence-corrected chi connectivity index (χ0v) is 17.0. The largest absolute Gasteiger partial charge is 0.496 e. The zero-order valence-electron chi connectivity index (χ0n) is 17.0. The van der Waals surface area contributed by atoms with Crippen LogP contribution >= 0.6 is 0 Å². The first-order valence-corrected chi connectivity index (χ1v) is 10.5. The van der Waals surface area contributed by atoms with Crippen molar-refractivity contribution in [3.63, 3.8) is 0 Å². The van der Waals surface area contributed by atoms with Gasteiger partial charge in [-0.25, -0.2) is 0 Å². The Morgan fingerprint density at radius 2 is 1.93 bits per heavy atom. The van der Waals surface area contributed by atoms with Crippen LogP contribution in [0, 0.1) is 5.92 Å². The van der Waals surface area contributed by atoms with Gasteiger partial charge in [0.2, 0.25) is 11.8 Å². The zero-order chi connectivity index (χ0) is 19.8. The number of piperidine rings is 1. The summed E-state index contributed by atoms with van der Waals surface area (Å²) in [5.41, 5.74) is 1.07. The Balaban J connectivity index is 1.40. The number of ether oxygens (including phenoxy) is 1. The first-order chi connectivity index (χ1) is 13.7. The average molecular weight is 388 g/mol. The number of nitrogens with zero attached hydrogens (tertiary/aromatic N) is 2. The van der Waals surface area contributed by atoms with E-state index in [1.807, 2.05) is 29.2 Å². The monoisotopic (exact) mass is 387 g/mol. The first-order valence-electron chi connectivity index (χ1n) is 10.5. The Morgan fingerprint density at radius 1 is 1.14 bits per heavy atom. The van der Waals surface area contributed by atoms with Crippen LogP contribution in [0.4, 0.5) is 0 Å². The number of methoxy groups -OCH3 is 1. The summed E-state index contributed by atoms with van der Waals surface area (Å²) in [6, 6.07) is 7.87. The molecule has 2 aliphatic rings. The van der Waals surface area contributed by atoms with E-state index < -0.39 is 0 Å². The van der Waals surface area contributed by atoms with Crippen LogP contribution in [0.15, 0.2) is 24.3 Å². The summed E-state index contributed by atoms with van der Waals surface area (Å²) in [6.45, 7) is 4.81. The van der Waals surface area contributed by atoms with E-state index in [-0.39, 0.29) is 11.8 Å². The van der Waals surface area contributed by atoms with E-state index in [1.54, 1.807) is 7.11 Å². The van der Waals surface area contributed by atoms with E-state index in [9.17, 15) is 9.59 Å². The number of hydrogen-bond donors (Lipinski definition) is 1. The highest BCUT2D eigenvalue weighted by molar-refractivity contribution is 5.78. The molecule has 2 fully saturated rings. The molecule has 0 radical (unpaired) electrons. The van der Waals surface area contributed by atoms with Crippen LogP contribution in [-0.2, 0) is 16.0 Å². The number of carbonyl (C=O) groups excluding carboxylic acids is 2. The summed E-state index contributed by atoms with van der Waals surface area (Å²) in [7, 11) is 1.66. The van der Waals surface area contributed by atoms with Crippen molar-refractivity contribution >= 4 is 11.8 Å². The van der Waals surface area contributed by atoms with Gasteiger partial charge >= 0.3 is 0 Å². The molecular formula is C22H33N3O3. The Labute approximate surface area is 168 Å². The van der Waals surface area contributed by atoms with Crippen LogP contribution in [0.1, 0.15) is 37.7 Å². The molecule has 2 heterocycles. The number of rotatable bonds is 8. The van der Waals surface area contributed by atoms with Crippen LogP contribution in [0.5, 0.6) is 5.75 Å². The molecule has 1 aromatic rings. The fraction of sp³-hybridized carbons (Fsp3) is 0.636. The minimum absolute atomic E-state index is 0.113. The normalized spacial score (nSPS) is 20.2. The third-order valence-electron chi connectivity index (χ3n) is 5.83. The summed E-state index contributed by atoms with van der Waals surface area (Å²) < 4.78 is 5.37. The molecule has 2 aliphatic heterocycles. The van der Waals surface area contributed by atoms with E-state index in [1.165, 1.54) is 12.8 Å². The second-order valence-electron chi connectivity index (χ2n) is 7.95. The number of hydrogen-bond acceptors (Lipinski definition) is 4. The topological polar surface area (TPSA) is 61.9 Å². The van der Waals surface area contributed by atoms with Crippen LogP contribution in [0.2, 0.25) is 0 Å². The van der Waals surface area contributed by atoms with Crippen molar-refractivity contribution in [1.82, 2.24) is 15.1 Å². The van der Waals surface area contributed by atoms with Gasteiger partial charge in [0.25, 0.3) is 0 Å². The highest BCUT2D eigenvalue weighted by Crippen LogP contribution is 2.21. The van der Waals surface area contributed by atoms with Crippen molar-refractivity contribution in [3.8, 4) is 5.75 Å². The fourth-order valence-corrected chi connectivity index (χ4v) is 4.23. The average Bonchev–Trinajstić information content (AvgIpc) is 3.24. The lowest BCUT2D eigenvalue weighted by molar-refractivity contribution is -0.132. The molecule has 0 saturated carbocycles. The van der Waals surface area contributed by atoms with Gasteiger partial charge in [-0.15, -0.1) is 0 Å². The molecule has 0 spiro atoms. The molecule has 6 heteroatoms. The maximum Gasteiger partial charge on any atom is 0.234 e. The first kappa shape index (κ1) is 20.6. The minimum atomic E-state index is 0.113. The molecule has 3 rings (SSSR count). The van der Waals surface area contributed by atoms with Crippen molar-refractivity contribution < 1.29 is 14.3 Å². The van der Waals surface area contributed by atoms with Crippen LogP contribution in [0.3, 0.4) is 0 Å². The number of carbonyl (C=O) groups is 2. The van der Waals surface area contributed by atoms with Gasteiger partial charge in [0.05, 0.1) is 13.7 Å². The Hall–Kier alpha value is -2.08. The highest BCUT2D eigenvalue weighted by Gasteiger charge is 2.24.